The van der Waals surface area contributed by atoms with Crippen LogP contribution >= 0.6 is 0 Å². The minimum Gasteiger partial charge on any atom is -0.492 e. The first-order valence-electron chi connectivity index (χ1n) is 11.6. The van der Waals surface area contributed by atoms with Crippen LogP contribution < -0.4 is 9.64 Å². The quantitative estimate of drug-likeness (QED) is 0.609. The van der Waals surface area contributed by atoms with Gasteiger partial charge in [-0.25, -0.2) is 18.2 Å². The molecule has 178 valence electrons. The van der Waals surface area contributed by atoms with Crippen molar-refractivity contribution in [3.8, 4) is 5.75 Å². The molecule has 9 nitrogen and oxygen atoms in total. The Morgan fingerprint density at radius 3 is 2.38 bits per heavy atom. The number of piperazine rings is 1. The molecule has 10 heteroatoms. The largest absolute Gasteiger partial charge is 0.492 e. The van der Waals surface area contributed by atoms with E-state index in [4.69, 9.17) is 9.47 Å². The van der Waals surface area contributed by atoms with E-state index in [1.807, 2.05) is 24.0 Å². The van der Waals surface area contributed by atoms with Crippen LogP contribution in [0.25, 0.3) is 0 Å². The van der Waals surface area contributed by atoms with Gasteiger partial charge in [-0.1, -0.05) is 0 Å². The van der Waals surface area contributed by atoms with Gasteiger partial charge in [0.1, 0.15) is 17.2 Å². The molecular formula is C22H34N4O5S. The van der Waals surface area contributed by atoms with E-state index in [2.05, 4.69) is 9.88 Å². The van der Waals surface area contributed by atoms with Crippen LogP contribution in [0.5, 0.6) is 5.75 Å². The standard InChI is InChI=1S/C22H34N4O5S/c1-3-32(28,29)26-14-12-24(13-15-26)20-5-4-19(16-23-20)30-17-18-6-10-25(11-7-18)21(27)31-22(2)8-9-22/h4-5,16,18H,3,6-15,17H2,1-2H3. The molecule has 0 aromatic carbocycles. The van der Waals surface area contributed by atoms with Crippen molar-refractivity contribution in [1.29, 1.82) is 0 Å². The molecule has 3 heterocycles. The molecule has 1 saturated carbocycles. The van der Waals surface area contributed by atoms with Crippen LogP contribution in [0.2, 0.25) is 0 Å². The number of carbonyl (C=O) groups excluding carboxylic acids is 1. The molecule has 0 bridgehead atoms. The van der Waals surface area contributed by atoms with Crippen LogP contribution in [0.4, 0.5) is 10.6 Å². The second-order valence-electron chi connectivity index (χ2n) is 9.20. The number of nitrogens with zero attached hydrogens (tertiary/aromatic N) is 4. The normalized spacial score (nSPS) is 21.9. The van der Waals surface area contributed by atoms with Gasteiger partial charge in [0.05, 0.1) is 18.6 Å². The van der Waals surface area contributed by atoms with Crippen LogP contribution in [0.1, 0.15) is 39.5 Å². The van der Waals surface area contributed by atoms with Gasteiger partial charge in [-0.15, -0.1) is 0 Å². The fraction of sp³-hybridized carbons (Fsp3) is 0.727. The summed E-state index contributed by atoms with van der Waals surface area (Å²) in [6, 6.07) is 3.84. The zero-order chi connectivity index (χ0) is 22.8. The van der Waals surface area contributed by atoms with Crippen molar-refractivity contribution in [2.24, 2.45) is 5.92 Å². The number of carbonyl (C=O) groups is 1. The molecule has 1 aromatic rings. The summed E-state index contributed by atoms with van der Waals surface area (Å²) in [4.78, 5) is 20.6. The number of rotatable bonds is 7. The molecule has 2 saturated heterocycles. The lowest BCUT2D eigenvalue weighted by molar-refractivity contribution is 0.0456. The monoisotopic (exact) mass is 466 g/mol. The molecule has 1 amide bonds. The van der Waals surface area contributed by atoms with Crippen LogP contribution in [-0.4, -0.2) is 85.9 Å². The summed E-state index contributed by atoms with van der Waals surface area (Å²) in [7, 11) is -3.13. The predicted octanol–water partition coefficient (Wildman–Crippen LogP) is 2.33. The fourth-order valence-corrected chi connectivity index (χ4v) is 5.16. The van der Waals surface area contributed by atoms with Crippen molar-refractivity contribution < 1.29 is 22.7 Å². The molecule has 0 N–H and O–H groups in total. The van der Waals surface area contributed by atoms with Gasteiger partial charge in [-0.3, -0.25) is 0 Å². The number of ether oxygens (including phenoxy) is 2. The Morgan fingerprint density at radius 2 is 1.81 bits per heavy atom. The molecule has 0 radical (unpaired) electrons. The molecular weight excluding hydrogens is 432 g/mol. The number of aromatic nitrogens is 1. The van der Waals surface area contributed by atoms with Crippen molar-refractivity contribution in [1.82, 2.24) is 14.2 Å². The third-order valence-corrected chi connectivity index (χ3v) is 8.57. The first-order chi connectivity index (χ1) is 15.3. The maximum atomic E-state index is 12.2. The van der Waals surface area contributed by atoms with Gasteiger partial charge < -0.3 is 19.3 Å². The Kier molecular flexibility index (Phi) is 6.80. The summed E-state index contributed by atoms with van der Waals surface area (Å²) in [5, 5.41) is 0. The first kappa shape index (κ1) is 23.1. The maximum absolute atomic E-state index is 12.2. The molecule has 0 spiro atoms. The number of hydrogen-bond acceptors (Lipinski definition) is 7. The second kappa shape index (κ2) is 9.43. The van der Waals surface area contributed by atoms with Gasteiger partial charge in [-0.05, 0) is 57.6 Å². The van der Waals surface area contributed by atoms with Crippen molar-refractivity contribution in [3.05, 3.63) is 18.3 Å². The van der Waals surface area contributed by atoms with E-state index in [-0.39, 0.29) is 17.4 Å². The highest BCUT2D eigenvalue weighted by Gasteiger charge is 2.43. The number of sulfonamides is 1. The molecule has 0 atom stereocenters. The minimum atomic E-state index is -3.13. The summed E-state index contributed by atoms with van der Waals surface area (Å²) >= 11 is 0. The zero-order valence-electron chi connectivity index (χ0n) is 19.0. The van der Waals surface area contributed by atoms with E-state index < -0.39 is 10.0 Å². The van der Waals surface area contributed by atoms with Crippen LogP contribution in [0.3, 0.4) is 0 Å². The summed E-state index contributed by atoms with van der Waals surface area (Å²) in [6.07, 6.45) is 5.29. The number of hydrogen-bond donors (Lipinski definition) is 0. The Bertz CT molecular complexity index is 887. The fourth-order valence-electron chi connectivity index (χ4n) is 4.07. The second-order valence-corrected chi connectivity index (χ2v) is 11.5. The Labute approximate surface area is 190 Å². The summed E-state index contributed by atoms with van der Waals surface area (Å²) < 4.78 is 37.1. The van der Waals surface area contributed by atoms with E-state index in [1.54, 1.807) is 17.4 Å². The maximum Gasteiger partial charge on any atom is 0.410 e. The van der Waals surface area contributed by atoms with Gasteiger partial charge in [0.15, 0.2) is 0 Å². The van der Waals surface area contributed by atoms with Gasteiger partial charge in [-0.2, -0.15) is 4.31 Å². The SMILES string of the molecule is CCS(=O)(=O)N1CCN(c2ccc(OCC3CCN(C(=O)OC4(C)CC4)CC3)cn2)CC1. The lowest BCUT2D eigenvalue weighted by Crippen LogP contribution is -2.49. The molecule has 0 unspecified atom stereocenters. The van der Waals surface area contributed by atoms with Crippen molar-refractivity contribution >= 4 is 21.9 Å². The minimum absolute atomic E-state index is 0.139. The molecule has 2 aliphatic heterocycles. The van der Waals surface area contributed by atoms with Gasteiger partial charge in [0.2, 0.25) is 10.0 Å². The van der Waals surface area contributed by atoms with Crippen molar-refractivity contribution in [3.63, 3.8) is 0 Å². The number of likely N-dealkylation sites (tertiary alicyclic amines) is 1. The van der Waals surface area contributed by atoms with Crippen LogP contribution in [-0.2, 0) is 14.8 Å². The van der Waals surface area contributed by atoms with Gasteiger partial charge >= 0.3 is 6.09 Å². The number of anilines is 1. The molecule has 3 aliphatic rings. The third kappa shape index (κ3) is 5.64. The van der Waals surface area contributed by atoms with Crippen LogP contribution in [0.15, 0.2) is 18.3 Å². The molecule has 4 rings (SSSR count). The molecule has 1 aliphatic carbocycles. The Morgan fingerprint density at radius 1 is 1.12 bits per heavy atom. The number of piperidine rings is 1. The van der Waals surface area contributed by atoms with E-state index in [0.29, 0.717) is 51.8 Å². The van der Waals surface area contributed by atoms with Crippen molar-refractivity contribution in [2.45, 2.75) is 45.1 Å². The molecule has 1 aromatic heterocycles. The predicted molar refractivity (Wildman–Crippen MR) is 121 cm³/mol. The Balaban J connectivity index is 1.18. The van der Waals surface area contributed by atoms with Gasteiger partial charge in [0, 0.05) is 39.3 Å². The highest BCUT2D eigenvalue weighted by Crippen LogP contribution is 2.39. The number of amides is 1. The van der Waals surface area contributed by atoms with E-state index in [9.17, 15) is 13.2 Å². The molecule has 3 fully saturated rings. The third-order valence-electron chi connectivity index (χ3n) is 6.69. The van der Waals surface area contributed by atoms with E-state index >= 15 is 0 Å². The Hall–Kier alpha value is -2.07. The molecule has 32 heavy (non-hydrogen) atoms. The smallest absolute Gasteiger partial charge is 0.410 e. The van der Waals surface area contributed by atoms with Crippen molar-refractivity contribution in [2.75, 3.05) is 56.5 Å². The lowest BCUT2D eigenvalue weighted by atomic mass is 9.98. The topological polar surface area (TPSA) is 92.3 Å². The van der Waals surface area contributed by atoms with E-state index in [1.165, 1.54) is 0 Å². The average Bonchev–Trinajstić information content (AvgIpc) is 3.54. The first-order valence-corrected chi connectivity index (χ1v) is 13.2. The average molecular weight is 467 g/mol. The zero-order valence-corrected chi connectivity index (χ0v) is 19.8. The van der Waals surface area contributed by atoms with Gasteiger partial charge in [0.25, 0.3) is 0 Å². The highest BCUT2D eigenvalue weighted by atomic mass is 32.2. The highest BCUT2D eigenvalue weighted by molar-refractivity contribution is 7.89. The van der Waals surface area contributed by atoms with Crippen LogP contribution in [0, 0.1) is 5.92 Å². The number of pyridine rings is 1. The summed E-state index contributed by atoms with van der Waals surface area (Å²) in [6.45, 7) is 7.92. The van der Waals surface area contributed by atoms with E-state index in [0.717, 1.165) is 37.3 Å². The lowest BCUT2D eigenvalue weighted by Gasteiger charge is -2.34. The summed E-state index contributed by atoms with van der Waals surface area (Å²) in [5.74, 6) is 2.11. The summed E-state index contributed by atoms with van der Waals surface area (Å²) in [5.41, 5.74) is -0.225.